The van der Waals surface area contributed by atoms with Crippen molar-refractivity contribution in [1.29, 1.82) is 0 Å². The number of hydrogen-bond acceptors (Lipinski definition) is 4. The lowest BCUT2D eigenvalue weighted by molar-refractivity contribution is -0.125. The monoisotopic (exact) mass is 414 g/mol. The van der Waals surface area contributed by atoms with Crippen molar-refractivity contribution in [2.45, 2.75) is 19.1 Å². The molecule has 1 aliphatic rings. The van der Waals surface area contributed by atoms with Crippen LogP contribution in [-0.4, -0.2) is 27.3 Å². The first-order valence-electron chi connectivity index (χ1n) is 9.96. The Bertz CT molecular complexity index is 1270. The van der Waals surface area contributed by atoms with Crippen molar-refractivity contribution in [2.75, 3.05) is 5.32 Å². The molecule has 0 radical (unpaired) electrons. The zero-order valence-electron chi connectivity index (χ0n) is 16.5. The number of rotatable bonds is 5. The average molecular weight is 414 g/mol. The Morgan fingerprint density at radius 2 is 1.77 bits per heavy atom. The molecule has 5 rings (SSSR count). The quantitative estimate of drug-likeness (QED) is 0.528. The van der Waals surface area contributed by atoms with Gasteiger partial charge in [-0.3, -0.25) is 10.1 Å². The van der Waals surface area contributed by atoms with E-state index in [2.05, 4.69) is 15.5 Å². The molecule has 0 fully saturated rings. The molecule has 3 aromatic carbocycles. The van der Waals surface area contributed by atoms with Crippen LogP contribution in [0.25, 0.3) is 11.0 Å². The van der Waals surface area contributed by atoms with Crippen molar-refractivity contribution in [3.05, 3.63) is 95.8 Å². The van der Waals surface area contributed by atoms with Gasteiger partial charge in [0.15, 0.2) is 0 Å². The SMILES string of the molecule is O=C(Nc1nc2ccccc2n1Cc1ccccc1)[C@@H]1CC(c2ccc(F)cc2)=NO1. The fourth-order valence-electron chi connectivity index (χ4n) is 3.62. The summed E-state index contributed by atoms with van der Waals surface area (Å²) in [5.41, 5.74) is 4.16. The number of amides is 1. The van der Waals surface area contributed by atoms with E-state index in [4.69, 9.17) is 4.84 Å². The second-order valence-corrected chi connectivity index (χ2v) is 7.33. The van der Waals surface area contributed by atoms with E-state index in [0.29, 0.717) is 24.6 Å². The van der Waals surface area contributed by atoms with Crippen molar-refractivity contribution in [3.63, 3.8) is 0 Å². The third kappa shape index (κ3) is 3.90. The summed E-state index contributed by atoms with van der Waals surface area (Å²) >= 11 is 0. The van der Waals surface area contributed by atoms with Gasteiger partial charge in [0, 0.05) is 6.42 Å². The number of fused-ring (bicyclic) bond motifs is 1. The van der Waals surface area contributed by atoms with Crippen molar-refractivity contribution in [2.24, 2.45) is 5.16 Å². The number of benzene rings is 3. The van der Waals surface area contributed by atoms with Crippen LogP contribution < -0.4 is 5.32 Å². The van der Waals surface area contributed by atoms with Gasteiger partial charge in [0.25, 0.3) is 5.91 Å². The first-order valence-corrected chi connectivity index (χ1v) is 9.96. The molecule has 7 heteroatoms. The summed E-state index contributed by atoms with van der Waals surface area (Å²) < 4.78 is 15.1. The summed E-state index contributed by atoms with van der Waals surface area (Å²) in [6.07, 6.45) is -0.471. The van der Waals surface area contributed by atoms with E-state index in [-0.39, 0.29) is 11.7 Å². The highest BCUT2D eigenvalue weighted by molar-refractivity contribution is 6.06. The zero-order valence-corrected chi connectivity index (χ0v) is 16.5. The van der Waals surface area contributed by atoms with Gasteiger partial charge in [0.2, 0.25) is 12.1 Å². The van der Waals surface area contributed by atoms with Gasteiger partial charge in [0.1, 0.15) is 5.82 Å². The molecule has 0 bridgehead atoms. The van der Waals surface area contributed by atoms with Crippen molar-refractivity contribution < 1.29 is 14.0 Å². The molecule has 1 aliphatic heterocycles. The van der Waals surface area contributed by atoms with Crippen LogP contribution in [0.15, 0.2) is 84.0 Å². The van der Waals surface area contributed by atoms with E-state index in [0.717, 1.165) is 22.2 Å². The maximum absolute atomic E-state index is 13.2. The number of anilines is 1. The topological polar surface area (TPSA) is 68.5 Å². The van der Waals surface area contributed by atoms with Gasteiger partial charge in [-0.1, -0.05) is 59.8 Å². The second-order valence-electron chi connectivity index (χ2n) is 7.33. The van der Waals surface area contributed by atoms with Gasteiger partial charge in [-0.2, -0.15) is 0 Å². The van der Waals surface area contributed by atoms with Gasteiger partial charge in [-0.25, -0.2) is 9.37 Å². The van der Waals surface area contributed by atoms with Crippen LogP contribution in [0.1, 0.15) is 17.5 Å². The van der Waals surface area contributed by atoms with Gasteiger partial charge < -0.3 is 9.40 Å². The van der Waals surface area contributed by atoms with Crippen LogP contribution in [0.2, 0.25) is 0 Å². The number of para-hydroxylation sites is 2. The Hall–Kier alpha value is -4.00. The molecule has 0 unspecified atom stereocenters. The summed E-state index contributed by atoms with van der Waals surface area (Å²) in [4.78, 5) is 22.9. The van der Waals surface area contributed by atoms with Crippen LogP contribution in [0.4, 0.5) is 10.3 Å². The van der Waals surface area contributed by atoms with Gasteiger partial charge in [-0.15, -0.1) is 0 Å². The number of nitrogens with one attached hydrogen (secondary N) is 1. The molecule has 154 valence electrons. The van der Waals surface area contributed by atoms with Gasteiger partial charge >= 0.3 is 0 Å². The lowest BCUT2D eigenvalue weighted by Crippen LogP contribution is -2.29. The molecular formula is C24H19FN4O2. The molecule has 0 spiro atoms. The third-order valence-corrected chi connectivity index (χ3v) is 5.21. The van der Waals surface area contributed by atoms with E-state index in [1.54, 1.807) is 12.1 Å². The highest BCUT2D eigenvalue weighted by atomic mass is 19.1. The van der Waals surface area contributed by atoms with Crippen LogP contribution in [-0.2, 0) is 16.2 Å². The number of hydrogen-bond donors (Lipinski definition) is 1. The zero-order chi connectivity index (χ0) is 21.2. The van der Waals surface area contributed by atoms with Crippen LogP contribution >= 0.6 is 0 Å². The molecule has 1 atom stereocenters. The molecule has 1 amide bonds. The smallest absolute Gasteiger partial charge is 0.271 e. The number of carbonyl (C=O) groups excluding carboxylic acids is 1. The van der Waals surface area contributed by atoms with Crippen molar-refractivity contribution in [3.8, 4) is 0 Å². The largest absolute Gasteiger partial charge is 0.382 e. The molecule has 4 aromatic rings. The number of halogens is 1. The van der Waals surface area contributed by atoms with Crippen molar-refractivity contribution >= 4 is 28.6 Å². The molecule has 1 aromatic heterocycles. The van der Waals surface area contributed by atoms with Gasteiger partial charge in [-0.05, 0) is 35.4 Å². The summed E-state index contributed by atoms with van der Waals surface area (Å²) in [6.45, 7) is 0.569. The molecule has 0 aliphatic carbocycles. The third-order valence-electron chi connectivity index (χ3n) is 5.21. The number of aromatic nitrogens is 2. The average Bonchev–Trinajstić information content (AvgIpc) is 3.41. The summed E-state index contributed by atoms with van der Waals surface area (Å²) in [5, 5.41) is 6.92. The minimum absolute atomic E-state index is 0.302. The lowest BCUT2D eigenvalue weighted by Gasteiger charge is -2.12. The number of oxime groups is 1. The highest BCUT2D eigenvalue weighted by Gasteiger charge is 2.30. The normalized spacial score (nSPS) is 15.5. The van der Waals surface area contributed by atoms with Crippen LogP contribution in [0, 0.1) is 5.82 Å². The molecule has 0 saturated carbocycles. The first-order chi connectivity index (χ1) is 15.2. The first kappa shape index (κ1) is 19.0. The second kappa shape index (κ2) is 8.02. The summed E-state index contributed by atoms with van der Waals surface area (Å²) in [7, 11) is 0. The molecule has 0 saturated heterocycles. The highest BCUT2D eigenvalue weighted by Crippen LogP contribution is 2.23. The number of carbonyl (C=O) groups is 1. The van der Waals surface area contributed by atoms with E-state index >= 15 is 0 Å². The standard InChI is InChI=1S/C24H19FN4O2/c25-18-12-10-17(11-13-18)20-14-22(31-28-20)23(30)27-24-26-19-8-4-5-9-21(19)29(24)15-16-6-2-1-3-7-16/h1-13,22H,14-15H2,(H,26,27,30)/t22-/m0/s1. The maximum Gasteiger partial charge on any atom is 0.271 e. The van der Waals surface area contributed by atoms with Crippen LogP contribution in [0.3, 0.4) is 0 Å². The predicted molar refractivity (Wildman–Crippen MR) is 116 cm³/mol. The Kier molecular flexibility index (Phi) is 4.92. The van der Waals surface area contributed by atoms with E-state index in [9.17, 15) is 9.18 Å². The van der Waals surface area contributed by atoms with Gasteiger partial charge in [0.05, 0.1) is 23.3 Å². The Labute approximate surface area is 178 Å². The fraction of sp³-hybridized carbons (Fsp3) is 0.125. The maximum atomic E-state index is 13.2. The van der Waals surface area contributed by atoms with E-state index in [1.807, 2.05) is 59.2 Å². The Balaban J connectivity index is 1.36. The molecule has 1 N–H and O–H groups in total. The molecule has 2 heterocycles. The number of imidazole rings is 1. The lowest BCUT2D eigenvalue weighted by atomic mass is 10.0. The van der Waals surface area contributed by atoms with Crippen molar-refractivity contribution in [1.82, 2.24) is 9.55 Å². The van der Waals surface area contributed by atoms with E-state index in [1.165, 1.54) is 12.1 Å². The Morgan fingerprint density at radius 1 is 1.03 bits per heavy atom. The number of nitrogens with zero attached hydrogens (tertiary/aromatic N) is 3. The summed E-state index contributed by atoms with van der Waals surface area (Å²) in [5.74, 6) is -0.200. The summed E-state index contributed by atoms with van der Waals surface area (Å²) in [6, 6.07) is 23.7. The van der Waals surface area contributed by atoms with Crippen LogP contribution in [0.5, 0.6) is 0 Å². The predicted octanol–water partition coefficient (Wildman–Crippen LogP) is 4.36. The minimum atomic E-state index is -0.773. The fourth-order valence-corrected chi connectivity index (χ4v) is 3.62. The van der Waals surface area contributed by atoms with E-state index < -0.39 is 6.10 Å². The molecular weight excluding hydrogens is 395 g/mol. The minimum Gasteiger partial charge on any atom is -0.382 e. The molecule has 6 nitrogen and oxygen atoms in total. The molecule has 31 heavy (non-hydrogen) atoms. The Morgan fingerprint density at radius 3 is 2.58 bits per heavy atom.